The van der Waals surface area contributed by atoms with Gasteiger partial charge in [0.25, 0.3) is 27.3 Å². The predicted octanol–water partition coefficient (Wildman–Crippen LogP) is 12.2. The number of ether oxygens (including phenoxy) is 4. The lowest BCUT2D eigenvalue weighted by atomic mass is 9.72. The lowest BCUT2D eigenvalue weighted by Gasteiger charge is -2.39. The topological polar surface area (TPSA) is 445 Å². The molecule has 668 valence electrons. The minimum atomic E-state index is -4.62. The van der Waals surface area contributed by atoms with Crippen molar-refractivity contribution in [2.75, 3.05) is 127 Å². The first-order valence-electron chi connectivity index (χ1n) is 41.1. The first kappa shape index (κ1) is 93.0. The molecule has 0 atom stereocenters. The van der Waals surface area contributed by atoms with Crippen LogP contribution in [-0.2, 0) is 50.5 Å². The number of anilines is 3. The number of halogens is 5. The van der Waals surface area contributed by atoms with Crippen LogP contribution >= 0.6 is 11.6 Å². The molecule has 8 aliphatic rings. The van der Waals surface area contributed by atoms with E-state index in [0.29, 0.717) is 97.7 Å². The monoisotopic (exact) mass is 1790 g/mol. The SMILES string of the molecule is CC1(C)CCC(CN2CCN(c3ccc(C(=O)NS(=O)(=O)c4ccc(NC5CCN(C6CCOCC6)CC5)c([N+](=O)[O-])c4)c(Oc4cnc5[nH]ccc5c4)c3)CC2)=C(c2ccc(C(F)(F)F)cc2Cl)C1.NC1CCN(C2CCOCC2)CC1.NS(=O)(=O)c1ccc(F)c([N+](=O)[O-])c1.NS(=O)(=O)c1ccc(NC2CCN(C3CCOCC3)CC2)c([N+](=O)[O-])c1. The summed E-state index contributed by atoms with van der Waals surface area (Å²) in [5, 5.41) is 50.9. The lowest BCUT2D eigenvalue weighted by molar-refractivity contribution is -0.387. The van der Waals surface area contributed by atoms with E-state index < -0.39 is 89.5 Å². The molecule has 0 spiro atoms. The number of nitrogens with two attached hydrogens (primary N) is 3. The number of nitrogens with zero attached hydrogens (tertiary/aromatic N) is 9. The first-order chi connectivity index (χ1) is 58.4. The van der Waals surface area contributed by atoms with Gasteiger partial charge in [0.05, 0.1) is 46.8 Å². The number of piperazine rings is 1. The molecule has 0 radical (unpaired) electrons. The van der Waals surface area contributed by atoms with Gasteiger partial charge in [0, 0.05) is 181 Å². The maximum atomic E-state index is 14.0. The molecule has 0 saturated carbocycles. The molecule has 7 aromatic rings. The number of alkyl halides is 3. The summed E-state index contributed by atoms with van der Waals surface area (Å²) in [5.74, 6) is -1.75. The molecule has 123 heavy (non-hydrogen) atoms. The lowest BCUT2D eigenvalue weighted by Crippen LogP contribution is -2.47. The third-order valence-electron chi connectivity index (χ3n) is 23.9. The minimum Gasteiger partial charge on any atom is -0.455 e. The number of piperidine rings is 3. The maximum absolute atomic E-state index is 14.0. The summed E-state index contributed by atoms with van der Waals surface area (Å²) in [6.07, 6.45) is 13.3. The number of hydrogen-bond acceptors (Lipinski definition) is 26. The number of nitro benzene ring substituents is 3. The summed E-state index contributed by atoms with van der Waals surface area (Å²) < 4.78 is 150. The highest BCUT2D eigenvalue weighted by atomic mass is 35.5. The number of aromatic amines is 1. The van der Waals surface area contributed by atoms with Crippen molar-refractivity contribution >= 4 is 98.3 Å². The molecule has 1 aliphatic carbocycles. The van der Waals surface area contributed by atoms with E-state index in [9.17, 15) is 78.0 Å². The molecular weight excluding hydrogens is 1690 g/mol. The number of carbonyl (C=O) groups excluding carboxylic acids is 1. The number of nitrogens with one attached hydrogen (secondary N) is 4. The normalized spacial score (nSPS) is 19.6. The van der Waals surface area contributed by atoms with E-state index in [0.717, 1.165) is 183 Å². The molecule has 2 aromatic heterocycles. The molecule has 41 heteroatoms. The van der Waals surface area contributed by atoms with Crippen molar-refractivity contribution < 1.29 is 81.3 Å². The second-order valence-corrected chi connectivity index (χ2v) is 38.0. The van der Waals surface area contributed by atoms with Crippen LogP contribution in [0.15, 0.2) is 136 Å². The highest BCUT2D eigenvalue weighted by Crippen LogP contribution is 2.47. The van der Waals surface area contributed by atoms with Gasteiger partial charge in [-0.2, -0.15) is 17.6 Å². The van der Waals surface area contributed by atoms with Crippen LogP contribution in [0, 0.1) is 41.6 Å². The Labute approximate surface area is 716 Å². The zero-order valence-electron chi connectivity index (χ0n) is 68.4. The number of fused-ring (bicyclic) bond motifs is 1. The van der Waals surface area contributed by atoms with E-state index in [-0.39, 0.29) is 50.1 Å². The molecule has 10 N–H and O–H groups in total. The minimum absolute atomic E-state index is 0.0422. The van der Waals surface area contributed by atoms with E-state index in [1.165, 1.54) is 81.4 Å². The van der Waals surface area contributed by atoms with Gasteiger partial charge >= 0.3 is 11.9 Å². The molecule has 7 aliphatic heterocycles. The molecule has 1 amide bonds. The second kappa shape index (κ2) is 40.9. The second-order valence-electron chi connectivity index (χ2n) is 32.8. The number of allylic oxidation sites excluding steroid dienone is 1. The number of aromatic nitrogens is 2. The van der Waals surface area contributed by atoms with Gasteiger partial charge in [-0.3, -0.25) is 40.0 Å². The number of carbonyl (C=O) groups is 1. The van der Waals surface area contributed by atoms with E-state index in [2.05, 4.69) is 63.7 Å². The predicted molar refractivity (Wildman–Crippen MR) is 456 cm³/mol. The van der Waals surface area contributed by atoms with E-state index >= 15 is 0 Å². The number of likely N-dealkylation sites (tertiary alicyclic amines) is 3. The smallest absolute Gasteiger partial charge is 0.416 e. The van der Waals surface area contributed by atoms with Crippen molar-refractivity contribution in [1.29, 1.82) is 0 Å². The number of H-pyrrole nitrogens is 1. The van der Waals surface area contributed by atoms with Crippen molar-refractivity contribution in [1.82, 2.24) is 34.3 Å². The third kappa shape index (κ3) is 25.1. The Bertz CT molecular complexity index is 5300. The first-order valence-corrected chi connectivity index (χ1v) is 46.1. The number of rotatable bonds is 21. The fourth-order valence-corrected chi connectivity index (χ4v) is 19.2. The van der Waals surface area contributed by atoms with Crippen molar-refractivity contribution in [3.8, 4) is 11.5 Å². The number of primary sulfonamides is 2. The van der Waals surface area contributed by atoms with E-state index in [1.54, 1.807) is 24.4 Å². The molecule has 7 fully saturated rings. The number of pyridine rings is 1. The maximum Gasteiger partial charge on any atom is 0.416 e. The fraction of sp³-hybridized carbons (Fsp3) is 0.512. The quantitative estimate of drug-likeness (QED) is 0.0200. The third-order valence-corrected chi connectivity index (χ3v) is 27.3. The van der Waals surface area contributed by atoms with Crippen LogP contribution in [-0.4, -0.2) is 223 Å². The number of nitro groups is 3. The summed E-state index contributed by atoms with van der Waals surface area (Å²) >= 11 is 6.55. The van der Waals surface area contributed by atoms with Crippen LogP contribution in [0.1, 0.15) is 132 Å². The van der Waals surface area contributed by atoms with Gasteiger partial charge in [-0.25, -0.2) is 45.2 Å². The zero-order valence-corrected chi connectivity index (χ0v) is 71.6. The van der Waals surface area contributed by atoms with Gasteiger partial charge in [0.15, 0.2) is 0 Å². The van der Waals surface area contributed by atoms with Gasteiger partial charge in [0.2, 0.25) is 25.9 Å². The van der Waals surface area contributed by atoms with E-state index in [4.69, 9.17) is 46.6 Å². The van der Waals surface area contributed by atoms with Crippen LogP contribution in [0.5, 0.6) is 11.5 Å². The molecule has 33 nitrogen and oxygen atoms in total. The highest BCUT2D eigenvalue weighted by molar-refractivity contribution is 7.90. The molecule has 15 rings (SSSR count). The van der Waals surface area contributed by atoms with Gasteiger partial charge < -0.3 is 59.9 Å². The summed E-state index contributed by atoms with van der Waals surface area (Å²) in [6, 6.07) is 23.8. The summed E-state index contributed by atoms with van der Waals surface area (Å²) in [5.41, 5.74) is 7.96. The number of amides is 1. The summed E-state index contributed by atoms with van der Waals surface area (Å²) in [6.45, 7) is 18.4. The molecule has 0 unspecified atom stereocenters. The Morgan fingerprint density at radius 2 is 1.11 bits per heavy atom. The van der Waals surface area contributed by atoms with Crippen LogP contribution in [0.4, 0.5) is 51.7 Å². The standard InChI is InChI=1S/C50H56ClF3N8O7S.C16H24N4O5S.C10H20N2O.C6H5FN2O4S/c1-49(2)15-9-33(42(29-49)40-6-3-34(26-43(40)51)50(52,53)54)31-59-19-21-61(22-20-59)37-4-7-41(46(27-37)69-38-25-32-10-16-55-47(32)56-30-38)48(63)58-70(66,67)39-5-8-44(45(28-39)62(64)65)57-35-11-17-60(18-12-35)36-13-23-68-24-14-36;17-26(23,24)14-1-2-15(16(11-14)20(21)22)18-12-3-7-19(8-4-12)13-5-9-25-10-6-13;11-9-1-5-12(6-2-9)10-3-7-13-8-4-10;7-5-2-1-4(14(8,12)13)3-6(5)9(10)11/h3-8,10,16,25-28,30,35-36,57H,9,11-15,17-24,29,31H2,1-2H3,(H,55,56)(H,58,63);1-2,11-13,18H,3-10H2,(H2,17,23,24);9-10H,1-8,11H2;1-3H,(H2,8,12,13). The van der Waals surface area contributed by atoms with Crippen LogP contribution < -0.4 is 41.0 Å². The average molecular weight is 1790 g/mol. The molecule has 5 aromatic carbocycles. The largest absolute Gasteiger partial charge is 0.455 e. The van der Waals surface area contributed by atoms with Crippen molar-refractivity contribution in [2.45, 2.75) is 167 Å². The van der Waals surface area contributed by atoms with Gasteiger partial charge in [-0.15, -0.1) is 0 Å². The Morgan fingerprint density at radius 1 is 0.618 bits per heavy atom. The highest BCUT2D eigenvalue weighted by Gasteiger charge is 2.37. The summed E-state index contributed by atoms with van der Waals surface area (Å²) in [7, 11) is -12.6. The molecule has 7 saturated heterocycles. The average Bonchev–Trinajstić information content (AvgIpc) is 1.05. The Hall–Kier alpha value is -9.14. The van der Waals surface area contributed by atoms with Gasteiger partial charge in [-0.05, 0) is 199 Å². The molecule has 0 bridgehead atoms. The van der Waals surface area contributed by atoms with Crippen LogP contribution in [0.2, 0.25) is 5.02 Å². The number of benzene rings is 5. The van der Waals surface area contributed by atoms with Crippen molar-refractivity contribution in [3.63, 3.8) is 0 Å². The zero-order chi connectivity index (χ0) is 88.1. The van der Waals surface area contributed by atoms with Crippen molar-refractivity contribution in [2.24, 2.45) is 21.4 Å². The number of sulfonamides is 3. The van der Waals surface area contributed by atoms with Crippen molar-refractivity contribution in [3.05, 3.63) is 179 Å². The number of hydrogen-bond donors (Lipinski definition) is 7. The summed E-state index contributed by atoms with van der Waals surface area (Å²) in [4.78, 5) is 63.9. The molecule has 9 heterocycles. The van der Waals surface area contributed by atoms with Gasteiger partial charge in [-0.1, -0.05) is 37.1 Å². The van der Waals surface area contributed by atoms with Crippen LogP contribution in [0.25, 0.3) is 16.6 Å². The Morgan fingerprint density at radius 3 is 1.60 bits per heavy atom. The van der Waals surface area contributed by atoms with E-state index in [1.807, 2.05) is 6.07 Å². The molecular formula is C82H105ClF4N16O17S3. The van der Waals surface area contributed by atoms with Gasteiger partial charge in [0.1, 0.15) is 28.5 Å². The van der Waals surface area contributed by atoms with Crippen LogP contribution in [0.3, 0.4) is 0 Å². The Kier molecular flexibility index (Phi) is 30.9. The Balaban J connectivity index is 0.000000208. The fourth-order valence-electron chi connectivity index (χ4n) is 16.9.